The standard InChI is InChI=1S/C15H20ClNO/c1-2-3-12-8-9-17(10-12)11-15(18)13-4-6-14(16)7-5-13/h4-7,12H,2-3,8-11H2,1H3. The molecule has 0 bridgehead atoms. The molecule has 2 nitrogen and oxygen atoms in total. The molecule has 1 aliphatic heterocycles. The first-order chi connectivity index (χ1) is 8.69. The van der Waals surface area contributed by atoms with Gasteiger partial charge in [-0.15, -0.1) is 0 Å². The van der Waals surface area contributed by atoms with Gasteiger partial charge in [-0.2, -0.15) is 0 Å². The third kappa shape index (κ3) is 3.56. The Morgan fingerprint density at radius 2 is 2.11 bits per heavy atom. The predicted molar refractivity (Wildman–Crippen MR) is 75.2 cm³/mol. The highest BCUT2D eigenvalue weighted by atomic mass is 35.5. The van der Waals surface area contributed by atoms with Crippen LogP contribution < -0.4 is 0 Å². The van der Waals surface area contributed by atoms with Gasteiger partial charge >= 0.3 is 0 Å². The molecular weight excluding hydrogens is 246 g/mol. The van der Waals surface area contributed by atoms with Gasteiger partial charge in [0.05, 0.1) is 6.54 Å². The van der Waals surface area contributed by atoms with Crippen LogP contribution in [0.5, 0.6) is 0 Å². The lowest BCUT2D eigenvalue weighted by Gasteiger charge is -2.14. The van der Waals surface area contributed by atoms with Gasteiger partial charge in [0, 0.05) is 17.1 Å². The second kappa shape index (κ2) is 6.35. The van der Waals surface area contributed by atoms with Gasteiger partial charge in [0.15, 0.2) is 5.78 Å². The first kappa shape index (κ1) is 13.6. The van der Waals surface area contributed by atoms with Gasteiger partial charge in [-0.25, -0.2) is 0 Å². The third-order valence-electron chi connectivity index (χ3n) is 3.60. The quantitative estimate of drug-likeness (QED) is 0.758. The van der Waals surface area contributed by atoms with E-state index in [0.717, 1.165) is 24.6 Å². The number of benzene rings is 1. The van der Waals surface area contributed by atoms with Crippen LogP contribution in [-0.2, 0) is 0 Å². The Balaban J connectivity index is 1.87. The van der Waals surface area contributed by atoms with E-state index in [0.29, 0.717) is 11.6 Å². The first-order valence-corrected chi connectivity index (χ1v) is 7.08. The number of ketones is 1. The average Bonchev–Trinajstić information content (AvgIpc) is 2.78. The van der Waals surface area contributed by atoms with E-state index in [1.807, 2.05) is 12.1 Å². The van der Waals surface area contributed by atoms with Crippen molar-refractivity contribution < 1.29 is 4.79 Å². The number of carbonyl (C=O) groups excluding carboxylic acids is 1. The Kier molecular flexibility index (Phi) is 4.79. The number of carbonyl (C=O) groups is 1. The van der Waals surface area contributed by atoms with Crippen LogP contribution in [0.4, 0.5) is 0 Å². The fourth-order valence-electron chi connectivity index (χ4n) is 2.63. The lowest BCUT2D eigenvalue weighted by Crippen LogP contribution is -2.27. The molecule has 1 fully saturated rings. The fourth-order valence-corrected chi connectivity index (χ4v) is 2.76. The van der Waals surface area contributed by atoms with Crippen LogP contribution in [0.3, 0.4) is 0 Å². The van der Waals surface area contributed by atoms with Crippen LogP contribution in [0, 0.1) is 5.92 Å². The van der Waals surface area contributed by atoms with Gasteiger partial charge in [-0.05, 0) is 49.6 Å². The van der Waals surface area contributed by atoms with Gasteiger partial charge in [0.1, 0.15) is 0 Å². The van der Waals surface area contributed by atoms with Crippen LogP contribution in [0.15, 0.2) is 24.3 Å². The average molecular weight is 266 g/mol. The molecule has 0 saturated carbocycles. The summed E-state index contributed by atoms with van der Waals surface area (Å²) in [5.74, 6) is 0.983. The zero-order valence-corrected chi connectivity index (χ0v) is 11.6. The van der Waals surface area contributed by atoms with Gasteiger partial charge in [0.2, 0.25) is 0 Å². The summed E-state index contributed by atoms with van der Waals surface area (Å²) in [5, 5.41) is 0.677. The molecule has 0 spiro atoms. The van der Waals surface area contributed by atoms with Crippen molar-refractivity contribution in [2.24, 2.45) is 5.92 Å². The molecule has 1 atom stereocenters. The summed E-state index contributed by atoms with van der Waals surface area (Å²) in [6.07, 6.45) is 3.76. The van der Waals surface area contributed by atoms with Crippen molar-refractivity contribution in [1.82, 2.24) is 4.90 Å². The molecule has 0 N–H and O–H groups in total. The second-order valence-electron chi connectivity index (χ2n) is 5.11. The van der Waals surface area contributed by atoms with Crippen molar-refractivity contribution in [2.75, 3.05) is 19.6 Å². The zero-order chi connectivity index (χ0) is 13.0. The zero-order valence-electron chi connectivity index (χ0n) is 10.9. The normalized spacial score (nSPS) is 20.2. The maximum absolute atomic E-state index is 12.1. The van der Waals surface area contributed by atoms with Crippen LogP contribution in [0.2, 0.25) is 5.02 Å². The maximum Gasteiger partial charge on any atom is 0.176 e. The van der Waals surface area contributed by atoms with Gasteiger partial charge in [-0.1, -0.05) is 24.9 Å². The van der Waals surface area contributed by atoms with Crippen molar-refractivity contribution in [3.05, 3.63) is 34.9 Å². The molecule has 1 aromatic carbocycles. The molecule has 1 unspecified atom stereocenters. The molecule has 1 saturated heterocycles. The monoisotopic (exact) mass is 265 g/mol. The van der Waals surface area contributed by atoms with Crippen LogP contribution in [-0.4, -0.2) is 30.3 Å². The minimum absolute atomic E-state index is 0.198. The molecule has 0 amide bonds. The lowest BCUT2D eigenvalue weighted by molar-refractivity contribution is 0.0943. The number of likely N-dealkylation sites (tertiary alicyclic amines) is 1. The topological polar surface area (TPSA) is 20.3 Å². The molecule has 18 heavy (non-hydrogen) atoms. The van der Waals surface area contributed by atoms with E-state index in [4.69, 9.17) is 11.6 Å². The van der Waals surface area contributed by atoms with E-state index in [2.05, 4.69) is 11.8 Å². The minimum atomic E-state index is 0.198. The molecule has 98 valence electrons. The molecule has 2 rings (SSSR count). The van der Waals surface area contributed by atoms with E-state index in [9.17, 15) is 4.79 Å². The van der Waals surface area contributed by atoms with Crippen molar-refractivity contribution in [3.63, 3.8) is 0 Å². The van der Waals surface area contributed by atoms with Gasteiger partial charge < -0.3 is 0 Å². The number of Topliss-reactive ketones (excluding diaryl/α,β-unsaturated/α-hetero) is 1. The SMILES string of the molecule is CCCC1CCN(CC(=O)c2ccc(Cl)cc2)C1. The first-order valence-electron chi connectivity index (χ1n) is 6.70. The predicted octanol–water partition coefficient (Wildman–Crippen LogP) is 3.64. The third-order valence-corrected chi connectivity index (χ3v) is 3.85. The molecule has 0 radical (unpaired) electrons. The summed E-state index contributed by atoms with van der Waals surface area (Å²) < 4.78 is 0. The minimum Gasteiger partial charge on any atom is -0.296 e. The van der Waals surface area contributed by atoms with E-state index < -0.39 is 0 Å². The van der Waals surface area contributed by atoms with Gasteiger partial charge in [-0.3, -0.25) is 9.69 Å². The van der Waals surface area contributed by atoms with Crippen molar-refractivity contribution in [2.45, 2.75) is 26.2 Å². The summed E-state index contributed by atoms with van der Waals surface area (Å²) in [6.45, 7) is 4.90. The van der Waals surface area contributed by atoms with E-state index in [-0.39, 0.29) is 5.78 Å². The highest BCUT2D eigenvalue weighted by Gasteiger charge is 2.23. The Morgan fingerprint density at radius 3 is 2.78 bits per heavy atom. The number of halogens is 1. The molecule has 1 aromatic rings. The molecule has 3 heteroatoms. The van der Waals surface area contributed by atoms with E-state index >= 15 is 0 Å². The van der Waals surface area contributed by atoms with E-state index in [1.54, 1.807) is 12.1 Å². The highest BCUT2D eigenvalue weighted by Crippen LogP contribution is 2.21. The maximum atomic E-state index is 12.1. The fraction of sp³-hybridized carbons (Fsp3) is 0.533. The van der Waals surface area contributed by atoms with Crippen molar-refractivity contribution >= 4 is 17.4 Å². The lowest BCUT2D eigenvalue weighted by atomic mass is 10.0. The number of hydrogen-bond acceptors (Lipinski definition) is 2. The molecule has 0 aliphatic carbocycles. The van der Waals surface area contributed by atoms with E-state index in [1.165, 1.54) is 19.3 Å². The smallest absolute Gasteiger partial charge is 0.176 e. The Labute approximate surface area is 114 Å². The highest BCUT2D eigenvalue weighted by molar-refractivity contribution is 6.30. The van der Waals surface area contributed by atoms with Crippen LogP contribution in [0.25, 0.3) is 0 Å². The largest absolute Gasteiger partial charge is 0.296 e. The molecule has 1 aliphatic rings. The summed E-state index contributed by atoms with van der Waals surface area (Å²) in [5.41, 5.74) is 0.762. The summed E-state index contributed by atoms with van der Waals surface area (Å²) in [6, 6.07) is 7.17. The summed E-state index contributed by atoms with van der Waals surface area (Å²) in [4.78, 5) is 14.4. The Bertz CT molecular complexity index is 401. The van der Waals surface area contributed by atoms with Gasteiger partial charge in [0.25, 0.3) is 0 Å². The van der Waals surface area contributed by atoms with Crippen molar-refractivity contribution in [1.29, 1.82) is 0 Å². The number of hydrogen-bond donors (Lipinski definition) is 0. The second-order valence-corrected chi connectivity index (χ2v) is 5.54. The number of nitrogens with zero attached hydrogens (tertiary/aromatic N) is 1. The van der Waals surface area contributed by atoms with Crippen LogP contribution in [0.1, 0.15) is 36.5 Å². The Morgan fingerprint density at radius 1 is 1.39 bits per heavy atom. The Hall–Kier alpha value is -0.860. The van der Waals surface area contributed by atoms with Crippen LogP contribution >= 0.6 is 11.6 Å². The summed E-state index contributed by atoms with van der Waals surface area (Å²) >= 11 is 5.82. The molecule has 0 aromatic heterocycles. The molecule has 1 heterocycles. The number of rotatable bonds is 5. The van der Waals surface area contributed by atoms with Crippen molar-refractivity contribution in [3.8, 4) is 0 Å². The summed E-state index contributed by atoms with van der Waals surface area (Å²) in [7, 11) is 0. The molecular formula is C15H20ClNO.